The molecule has 5 heteroatoms. The van der Waals surface area contributed by atoms with Crippen LogP contribution < -0.4 is 10.1 Å². The molecular formula is C16H20FN3O. The lowest BCUT2D eigenvalue weighted by molar-refractivity contribution is 0.386. The summed E-state index contributed by atoms with van der Waals surface area (Å²) in [7, 11) is 1.45. The molecule has 4 nitrogen and oxygen atoms in total. The van der Waals surface area contributed by atoms with Gasteiger partial charge in [-0.3, -0.25) is 0 Å². The Labute approximate surface area is 124 Å². The van der Waals surface area contributed by atoms with Gasteiger partial charge in [-0.2, -0.15) is 0 Å². The molecule has 1 aromatic carbocycles. The first-order chi connectivity index (χ1) is 10.2. The predicted octanol–water partition coefficient (Wildman–Crippen LogP) is 3.68. The van der Waals surface area contributed by atoms with Gasteiger partial charge in [-0.05, 0) is 24.6 Å². The molecule has 0 amide bonds. The van der Waals surface area contributed by atoms with Crippen molar-refractivity contribution >= 4 is 5.82 Å². The van der Waals surface area contributed by atoms with Gasteiger partial charge >= 0.3 is 0 Å². The van der Waals surface area contributed by atoms with Crippen LogP contribution in [0.4, 0.5) is 10.2 Å². The third-order valence-corrected chi connectivity index (χ3v) is 3.09. The lowest BCUT2D eigenvalue weighted by atomic mass is 10.1. The zero-order valence-electron chi connectivity index (χ0n) is 12.6. The van der Waals surface area contributed by atoms with Crippen molar-refractivity contribution in [1.82, 2.24) is 9.97 Å². The minimum absolute atomic E-state index is 0.229. The van der Waals surface area contributed by atoms with Gasteiger partial charge in [-0.25, -0.2) is 14.4 Å². The van der Waals surface area contributed by atoms with Gasteiger partial charge in [-0.15, -0.1) is 0 Å². The SMILES string of the molecule is CCCNc1cc(-c2ccc(OC)c(F)c2)nc(CC)n1. The van der Waals surface area contributed by atoms with E-state index in [1.54, 1.807) is 12.1 Å². The molecule has 0 fully saturated rings. The Morgan fingerprint density at radius 3 is 2.62 bits per heavy atom. The quantitative estimate of drug-likeness (QED) is 0.881. The van der Waals surface area contributed by atoms with Gasteiger partial charge < -0.3 is 10.1 Å². The van der Waals surface area contributed by atoms with E-state index in [0.29, 0.717) is 11.3 Å². The van der Waals surface area contributed by atoms with E-state index in [2.05, 4.69) is 22.2 Å². The summed E-state index contributed by atoms with van der Waals surface area (Å²) in [5, 5.41) is 3.25. The van der Waals surface area contributed by atoms with Crippen LogP contribution in [0.25, 0.3) is 11.3 Å². The highest BCUT2D eigenvalue weighted by Crippen LogP contribution is 2.25. The van der Waals surface area contributed by atoms with Crippen LogP contribution in [0.1, 0.15) is 26.1 Å². The number of anilines is 1. The third kappa shape index (κ3) is 3.68. The van der Waals surface area contributed by atoms with E-state index >= 15 is 0 Å². The number of ether oxygens (including phenoxy) is 1. The molecule has 112 valence electrons. The fourth-order valence-electron chi connectivity index (χ4n) is 1.97. The van der Waals surface area contributed by atoms with E-state index < -0.39 is 5.82 Å². The average Bonchev–Trinajstić information content (AvgIpc) is 2.52. The Bertz CT molecular complexity index is 616. The molecule has 2 rings (SSSR count). The van der Waals surface area contributed by atoms with E-state index in [-0.39, 0.29) is 5.75 Å². The van der Waals surface area contributed by atoms with Crippen LogP contribution in [0.5, 0.6) is 5.75 Å². The molecule has 1 heterocycles. The molecule has 0 aliphatic heterocycles. The van der Waals surface area contributed by atoms with Gasteiger partial charge in [0.1, 0.15) is 11.6 Å². The summed E-state index contributed by atoms with van der Waals surface area (Å²) in [6.45, 7) is 4.93. The number of aryl methyl sites for hydroxylation is 1. The number of aromatic nitrogens is 2. The summed E-state index contributed by atoms with van der Waals surface area (Å²) < 4.78 is 18.8. The molecular weight excluding hydrogens is 269 g/mol. The van der Waals surface area contributed by atoms with Crippen LogP contribution >= 0.6 is 0 Å². The lowest BCUT2D eigenvalue weighted by Crippen LogP contribution is -2.05. The van der Waals surface area contributed by atoms with E-state index in [1.165, 1.54) is 13.2 Å². The van der Waals surface area contributed by atoms with Crippen molar-refractivity contribution in [3.8, 4) is 17.0 Å². The number of benzene rings is 1. The first-order valence-corrected chi connectivity index (χ1v) is 7.13. The number of hydrogen-bond donors (Lipinski definition) is 1. The van der Waals surface area contributed by atoms with Gasteiger partial charge in [0.25, 0.3) is 0 Å². The fraction of sp³-hybridized carbons (Fsp3) is 0.375. The number of nitrogens with one attached hydrogen (secondary N) is 1. The van der Waals surface area contributed by atoms with Gasteiger partial charge in [-0.1, -0.05) is 13.8 Å². The molecule has 0 unspecified atom stereocenters. The van der Waals surface area contributed by atoms with Crippen molar-refractivity contribution in [2.24, 2.45) is 0 Å². The van der Waals surface area contributed by atoms with Crippen LogP contribution in [0, 0.1) is 5.82 Å². The van der Waals surface area contributed by atoms with E-state index in [9.17, 15) is 4.39 Å². The summed E-state index contributed by atoms with van der Waals surface area (Å²) >= 11 is 0. The minimum Gasteiger partial charge on any atom is -0.494 e. The zero-order valence-corrected chi connectivity index (χ0v) is 12.6. The van der Waals surface area contributed by atoms with E-state index in [4.69, 9.17) is 4.74 Å². The van der Waals surface area contributed by atoms with Gasteiger partial charge in [0.05, 0.1) is 12.8 Å². The van der Waals surface area contributed by atoms with Crippen LogP contribution in [0.15, 0.2) is 24.3 Å². The van der Waals surface area contributed by atoms with Crippen molar-refractivity contribution in [2.75, 3.05) is 19.0 Å². The molecule has 0 saturated heterocycles. The third-order valence-electron chi connectivity index (χ3n) is 3.09. The maximum atomic E-state index is 13.8. The molecule has 2 aromatic rings. The number of methoxy groups -OCH3 is 1. The number of hydrogen-bond acceptors (Lipinski definition) is 4. The molecule has 0 spiro atoms. The molecule has 1 N–H and O–H groups in total. The zero-order chi connectivity index (χ0) is 15.2. The fourth-order valence-corrected chi connectivity index (χ4v) is 1.97. The van der Waals surface area contributed by atoms with Crippen LogP contribution in [-0.2, 0) is 6.42 Å². The first-order valence-electron chi connectivity index (χ1n) is 7.13. The molecule has 0 bridgehead atoms. The second-order valence-electron chi connectivity index (χ2n) is 4.68. The summed E-state index contributed by atoms with van der Waals surface area (Å²) in [5.41, 5.74) is 1.42. The minimum atomic E-state index is -0.394. The van der Waals surface area contributed by atoms with Gasteiger partial charge in [0, 0.05) is 24.6 Å². The Morgan fingerprint density at radius 2 is 2.00 bits per heavy atom. The van der Waals surface area contributed by atoms with Gasteiger partial charge in [0.2, 0.25) is 0 Å². The molecule has 0 aliphatic carbocycles. The number of nitrogens with zero attached hydrogens (tertiary/aromatic N) is 2. The van der Waals surface area contributed by atoms with Crippen molar-refractivity contribution in [3.05, 3.63) is 35.9 Å². The van der Waals surface area contributed by atoms with Crippen molar-refractivity contribution in [1.29, 1.82) is 0 Å². The highest BCUT2D eigenvalue weighted by molar-refractivity contribution is 5.63. The summed E-state index contributed by atoms with van der Waals surface area (Å²) in [6, 6.07) is 6.69. The Balaban J connectivity index is 2.39. The molecule has 0 radical (unpaired) electrons. The van der Waals surface area contributed by atoms with Crippen molar-refractivity contribution in [2.45, 2.75) is 26.7 Å². The van der Waals surface area contributed by atoms with E-state index in [1.807, 2.05) is 13.0 Å². The Morgan fingerprint density at radius 1 is 1.19 bits per heavy atom. The smallest absolute Gasteiger partial charge is 0.165 e. The highest BCUT2D eigenvalue weighted by atomic mass is 19.1. The normalized spacial score (nSPS) is 10.5. The Hall–Kier alpha value is -2.17. The molecule has 1 aromatic heterocycles. The molecule has 21 heavy (non-hydrogen) atoms. The molecule has 0 aliphatic rings. The topological polar surface area (TPSA) is 47.0 Å². The van der Waals surface area contributed by atoms with E-state index in [0.717, 1.165) is 31.0 Å². The van der Waals surface area contributed by atoms with Crippen LogP contribution in [0.2, 0.25) is 0 Å². The highest BCUT2D eigenvalue weighted by Gasteiger charge is 2.09. The maximum Gasteiger partial charge on any atom is 0.165 e. The summed E-state index contributed by atoms with van der Waals surface area (Å²) in [4.78, 5) is 8.90. The summed E-state index contributed by atoms with van der Waals surface area (Å²) in [5.74, 6) is 1.35. The van der Waals surface area contributed by atoms with Crippen molar-refractivity contribution < 1.29 is 9.13 Å². The molecule has 0 saturated carbocycles. The summed E-state index contributed by atoms with van der Waals surface area (Å²) in [6.07, 6.45) is 1.74. The maximum absolute atomic E-state index is 13.8. The standard InChI is InChI=1S/C16H20FN3O/c1-4-8-18-16-10-13(19-15(5-2)20-16)11-6-7-14(21-3)12(17)9-11/h6-7,9-10H,4-5,8H2,1-3H3,(H,18,19,20). The van der Waals surface area contributed by atoms with Crippen LogP contribution in [0.3, 0.4) is 0 Å². The Kier molecular flexibility index (Phi) is 5.09. The first kappa shape index (κ1) is 15.2. The van der Waals surface area contributed by atoms with Crippen LogP contribution in [-0.4, -0.2) is 23.6 Å². The largest absolute Gasteiger partial charge is 0.494 e. The second kappa shape index (κ2) is 7.02. The predicted molar refractivity (Wildman–Crippen MR) is 82.1 cm³/mol. The molecule has 0 atom stereocenters. The monoisotopic (exact) mass is 289 g/mol. The number of halogens is 1. The lowest BCUT2D eigenvalue weighted by Gasteiger charge is -2.10. The second-order valence-corrected chi connectivity index (χ2v) is 4.68. The number of rotatable bonds is 6. The van der Waals surface area contributed by atoms with Gasteiger partial charge in [0.15, 0.2) is 11.6 Å². The van der Waals surface area contributed by atoms with Crippen molar-refractivity contribution in [3.63, 3.8) is 0 Å². The average molecular weight is 289 g/mol.